The molecule has 3 heterocycles. The third-order valence-electron chi connectivity index (χ3n) is 5.08. The van der Waals surface area contributed by atoms with E-state index in [9.17, 15) is 0 Å². The van der Waals surface area contributed by atoms with Gasteiger partial charge in [0.1, 0.15) is 0 Å². The van der Waals surface area contributed by atoms with E-state index < -0.39 is 0 Å². The Morgan fingerprint density at radius 2 is 2.11 bits per heavy atom. The van der Waals surface area contributed by atoms with Gasteiger partial charge >= 0.3 is 0 Å². The van der Waals surface area contributed by atoms with Crippen LogP contribution < -0.4 is 5.32 Å². The predicted octanol–water partition coefficient (Wildman–Crippen LogP) is 0.781. The number of hydrogen-bond acceptors (Lipinski definition) is 4. The van der Waals surface area contributed by atoms with Gasteiger partial charge in [-0.3, -0.25) is 4.90 Å². The van der Waals surface area contributed by atoms with Crippen molar-refractivity contribution in [2.24, 2.45) is 5.92 Å². The average molecular weight is 267 g/mol. The molecule has 0 spiro atoms. The van der Waals surface area contributed by atoms with Crippen molar-refractivity contribution in [3.8, 4) is 0 Å². The van der Waals surface area contributed by atoms with Crippen molar-refractivity contribution < 1.29 is 4.74 Å². The van der Waals surface area contributed by atoms with Gasteiger partial charge in [0.15, 0.2) is 0 Å². The number of nitrogens with zero attached hydrogens (tertiary/aromatic N) is 2. The number of hydrogen-bond donors (Lipinski definition) is 1. The maximum atomic E-state index is 5.67. The van der Waals surface area contributed by atoms with Crippen LogP contribution in [0.2, 0.25) is 0 Å². The van der Waals surface area contributed by atoms with Crippen LogP contribution in [0.25, 0.3) is 0 Å². The Morgan fingerprint density at radius 1 is 1.16 bits per heavy atom. The molecular formula is C15H29N3O. The zero-order chi connectivity index (χ0) is 13.1. The van der Waals surface area contributed by atoms with Gasteiger partial charge in [0.05, 0.1) is 13.2 Å². The first-order valence-electron chi connectivity index (χ1n) is 8.14. The van der Waals surface area contributed by atoms with E-state index in [-0.39, 0.29) is 0 Å². The highest BCUT2D eigenvalue weighted by Gasteiger charge is 2.33. The lowest BCUT2D eigenvalue weighted by atomic mass is 9.97. The molecule has 0 saturated carbocycles. The summed E-state index contributed by atoms with van der Waals surface area (Å²) in [5, 5.41) is 3.58. The second-order valence-corrected chi connectivity index (χ2v) is 6.41. The molecule has 0 aromatic carbocycles. The topological polar surface area (TPSA) is 27.7 Å². The van der Waals surface area contributed by atoms with Gasteiger partial charge in [-0.15, -0.1) is 0 Å². The highest BCUT2D eigenvalue weighted by atomic mass is 16.5. The largest absolute Gasteiger partial charge is 0.379 e. The molecular weight excluding hydrogens is 238 g/mol. The van der Waals surface area contributed by atoms with E-state index in [4.69, 9.17) is 4.74 Å². The molecule has 3 aliphatic rings. The molecule has 3 atom stereocenters. The molecule has 4 heteroatoms. The smallest absolute Gasteiger partial charge is 0.0623 e. The summed E-state index contributed by atoms with van der Waals surface area (Å²) in [6, 6.07) is 1.41. The lowest BCUT2D eigenvalue weighted by Crippen LogP contribution is -2.56. The van der Waals surface area contributed by atoms with E-state index in [0.717, 1.165) is 25.8 Å². The molecule has 3 saturated heterocycles. The second kappa shape index (κ2) is 6.53. The first kappa shape index (κ1) is 13.8. The minimum atomic E-state index is 0.578. The van der Waals surface area contributed by atoms with Crippen molar-refractivity contribution in [1.29, 1.82) is 0 Å². The summed E-state index contributed by atoms with van der Waals surface area (Å²) in [6.07, 6.45) is 4.26. The SMILES string of the molecule is CCNC1COCC1CN1CCN2CCCCC2C1. The maximum Gasteiger partial charge on any atom is 0.0623 e. The summed E-state index contributed by atoms with van der Waals surface area (Å²) in [5.41, 5.74) is 0. The molecule has 3 fully saturated rings. The van der Waals surface area contributed by atoms with E-state index in [2.05, 4.69) is 22.0 Å². The molecule has 1 N–H and O–H groups in total. The molecule has 0 aromatic heterocycles. The number of rotatable bonds is 4. The summed E-state index contributed by atoms with van der Waals surface area (Å²) >= 11 is 0. The standard InChI is InChI=1S/C15H29N3O/c1-2-16-15-12-19-11-13(15)9-17-7-8-18-6-4-3-5-14(18)10-17/h13-16H,2-12H2,1H3. The highest BCUT2D eigenvalue weighted by Crippen LogP contribution is 2.23. The molecule has 0 aliphatic carbocycles. The van der Waals surface area contributed by atoms with Crippen molar-refractivity contribution in [2.45, 2.75) is 38.3 Å². The van der Waals surface area contributed by atoms with Gasteiger partial charge in [-0.2, -0.15) is 0 Å². The van der Waals surface area contributed by atoms with Crippen LogP contribution in [0.1, 0.15) is 26.2 Å². The molecule has 19 heavy (non-hydrogen) atoms. The Bertz CT molecular complexity index is 287. The molecule has 3 rings (SSSR count). The molecule has 0 amide bonds. The Balaban J connectivity index is 1.50. The third kappa shape index (κ3) is 3.30. The van der Waals surface area contributed by atoms with Crippen LogP contribution in [0.15, 0.2) is 0 Å². The molecule has 110 valence electrons. The Hall–Kier alpha value is -0.160. The summed E-state index contributed by atoms with van der Waals surface area (Å²) in [6.45, 7) is 11.5. The Kier molecular flexibility index (Phi) is 4.74. The van der Waals surface area contributed by atoms with Gasteiger partial charge in [0.25, 0.3) is 0 Å². The second-order valence-electron chi connectivity index (χ2n) is 6.41. The number of piperazine rings is 1. The molecule has 3 unspecified atom stereocenters. The van der Waals surface area contributed by atoms with E-state index >= 15 is 0 Å². The number of likely N-dealkylation sites (N-methyl/N-ethyl adjacent to an activating group) is 1. The monoisotopic (exact) mass is 267 g/mol. The zero-order valence-electron chi connectivity index (χ0n) is 12.3. The Labute approximate surface area is 117 Å². The van der Waals surface area contributed by atoms with Crippen molar-refractivity contribution in [3.05, 3.63) is 0 Å². The van der Waals surface area contributed by atoms with Crippen molar-refractivity contribution in [2.75, 3.05) is 52.5 Å². The van der Waals surface area contributed by atoms with E-state index in [1.807, 2.05) is 0 Å². The molecule has 0 radical (unpaired) electrons. The van der Waals surface area contributed by atoms with Gasteiger partial charge in [0, 0.05) is 44.2 Å². The molecule has 4 nitrogen and oxygen atoms in total. The molecule has 3 aliphatic heterocycles. The molecule has 0 bridgehead atoms. The maximum absolute atomic E-state index is 5.67. The van der Waals surface area contributed by atoms with Crippen molar-refractivity contribution in [1.82, 2.24) is 15.1 Å². The average Bonchev–Trinajstić information content (AvgIpc) is 2.86. The number of fused-ring (bicyclic) bond motifs is 1. The van der Waals surface area contributed by atoms with Crippen molar-refractivity contribution in [3.63, 3.8) is 0 Å². The number of nitrogens with one attached hydrogen (secondary N) is 1. The van der Waals surface area contributed by atoms with Gasteiger partial charge in [-0.25, -0.2) is 0 Å². The van der Waals surface area contributed by atoms with Crippen LogP contribution in [0.4, 0.5) is 0 Å². The highest BCUT2D eigenvalue weighted by molar-refractivity contribution is 4.89. The van der Waals surface area contributed by atoms with Gasteiger partial charge in [-0.1, -0.05) is 13.3 Å². The summed E-state index contributed by atoms with van der Waals surface area (Å²) < 4.78 is 5.67. The van der Waals surface area contributed by atoms with Gasteiger partial charge in [-0.05, 0) is 25.9 Å². The van der Waals surface area contributed by atoms with E-state index in [1.54, 1.807) is 0 Å². The first-order valence-corrected chi connectivity index (χ1v) is 8.14. The number of piperidine rings is 1. The fourth-order valence-corrected chi connectivity index (χ4v) is 3.98. The van der Waals surface area contributed by atoms with Crippen LogP contribution in [-0.2, 0) is 4.74 Å². The van der Waals surface area contributed by atoms with Crippen LogP contribution >= 0.6 is 0 Å². The van der Waals surface area contributed by atoms with E-state index in [0.29, 0.717) is 12.0 Å². The minimum absolute atomic E-state index is 0.578. The van der Waals surface area contributed by atoms with Crippen LogP contribution in [0.5, 0.6) is 0 Å². The lowest BCUT2D eigenvalue weighted by Gasteiger charge is -2.44. The normalized spacial score (nSPS) is 37.4. The molecule has 0 aromatic rings. The predicted molar refractivity (Wildman–Crippen MR) is 77.4 cm³/mol. The van der Waals surface area contributed by atoms with Gasteiger partial charge < -0.3 is 15.0 Å². The van der Waals surface area contributed by atoms with Crippen LogP contribution in [0, 0.1) is 5.92 Å². The first-order chi connectivity index (χ1) is 9.36. The summed E-state index contributed by atoms with van der Waals surface area (Å²) in [4.78, 5) is 5.41. The number of ether oxygens (including phenoxy) is 1. The van der Waals surface area contributed by atoms with Gasteiger partial charge in [0.2, 0.25) is 0 Å². The zero-order valence-corrected chi connectivity index (χ0v) is 12.3. The van der Waals surface area contributed by atoms with Crippen LogP contribution in [0.3, 0.4) is 0 Å². The minimum Gasteiger partial charge on any atom is -0.379 e. The van der Waals surface area contributed by atoms with E-state index in [1.165, 1.54) is 52.0 Å². The fourth-order valence-electron chi connectivity index (χ4n) is 3.98. The summed E-state index contributed by atoms with van der Waals surface area (Å²) in [7, 11) is 0. The third-order valence-corrected chi connectivity index (χ3v) is 5.08. The van der Waals surface area contributed by atoms with Crippen LogP contribution in [-0.4, -0.2) is 74.4 Å². The quantitative estimate of drug-likeness (QED) is 0.815. The summed E-state index contributed by atoms with van der Waals surface area (Å²) in [5.74, 6) is 0.690. The lowest BCUT2D eigenvalue weighted by molar-refractivity contribution is 0.0393. The Morgan fingerprint density at radius 3 is 3.00 bits per heavy atom. The van der Waals surface area contributed by atoms with Crippen molar-refractivity contribution >= 4 is 0 Å². The fraction of sp³-hybridized carbons (Fsp3) is 1.00.